The molecule has 1 heterocycles. The fraction of sp³-hybridized carbons (Fsp3) is 0.684. The van der Waals surface area contributed by atoms with E-state index in [9.17, 15) is 8.42 Å². The van der Waals surface area contributed by atoms with Gasteiger partial charge in [-0.05, 0) is 82.7 Å². The highest BCUT2D eigenvalue weighted by Crippen LogP contribution is 2.29. The Balaban J connectivity index is 1.62. The number of benzene rings is 1. The topological polar surface area (TPSA) is 58.6 Å². The second-order valence-corrected chi connectivity index (χ2v) is 9.56. The third-order valence-electron chi connectivity index (χ3n) is 4.99. The van der Waals surface area contributed by atoms with E-state index in [-0.39, 0.29) is 6.10 Å². The molecule has 6 heteroatoms. The third-order valence-corrected chi connectivity index (χ3v) is 6.89. The van der Waals surface area contributed by atoms with Crippen molar-refractivity contribution in [2.75, 3.05) is 19.6 Å². The Morgan fingerprint density at radius 3 is 2.44 bits per heavy atom. The first kappa shape index (κ1) is 18.7. The van der Waals surface area contributed by atoms with Crippen LogP contribution in [0.5, 0.6) is 5.75 Å². The van der Waals surface area contributed by atoms with E-state index in [0.717, 1.165) is 36.6 Å². The van der Waals surface area contributed by atoms with Gasteiger partial charge in [-0.25, -0.2) is 8.42 Å². The van der Waals surface area contributed by atoms with Gasteiger partial charge in [0, 0.05) is 19.1 Å². The fourth-order valence-corrected chi connectivity index (χ4v) is 4.83. The molecule has 0 atom stereocenters. The van der Waals surface area contributed by atoms with Crippen LogP contribution in [0.1, 0.15) is 45.1 Å². The molecule has 0 radical (unpaired) electrons. The highest BCUT2D eigenvalue weighted by Gasteiger charge is 2.30. The molecule has 1 N–H and O–H groups in total. The number of rotatable bonds is 7. The van der Waals surface area contributed by atoms with E-state index in [4.69, 9.17) is 4.74 Å². The zero-order valence-electron chi connectivity index (χ0n) is 15.5. The molecule has 3 rings (SSSR count). The van der Waals surface area contributed by atoms with Gasteiger partial charge in [0.2, 0.25) is 10.0 Å². The van der Waals surface area contributed by atoms with Gasteiger partial charge < -0.3 is 10.1 Å². The van der Waals surface area contributed by atoms with Crippen LogP contribution < -0.4 is 10.1 Å². The number of sulfonamides is 1. The normalized spacial score (nSPS) is 20.2. The number of hydrogen-bond acceptors (Lipinski definition) is 4. The minimum Gasteiger partial charge on any atom is -0.491 e. The summed E-state index contributed by atoms with van der Waals surface area (Å²) in [6.07, 6.45) is 4.54. The van der Waals surface area contributed by atoms with Crippen LogP contribution in [0, 0.1) is 12.8 Å². The minimum atomic E-state index is -3.42. The van der Waals surface area contributed by atoms with Gasteiger partial charge in [-0.3, -0.25) is 0 Å². The van der Waals surface area contributed by atoms with Gasteiger partial charge >= 0.3 is 0 Å². The highest BCUT2D eigenvalue weighted by atomic mass is 32.2. The summed E-state index contributed by atoms with van der Waals surface area (Å²) in [6, 6.07) is 5.62. The predicted molar refractivity (Wildman–Crippen MR) is 99.5 cm³/mol. The Morgan fingerprint density at radius 2 is 1.88 bits per heavy atom. The maximum Gasteiger partial charge on any atom is 0.243 e. The SMILES string of the molecule is Cc1cc(S(=O)(=O)N2CCC(NCC3CC3)CC2)ccc1OC(C)C. The van der Waals surface area contributed by atoms with E-state index < -0.39 is 10.0 Å². The van der Waals surface area contributed by atoms with Crippen molar-refractivity contribution in [3.8, 4) is 5.75 Å². The van der Waals surface area contributed by atoms with E-state index in [2.05, 4.69) is 5.32 Å². The Kier molecular flexibility index (Phi) is 5.71. The van der Waals surface area contributed by atoms with Crippen LogP contribution in [0.15, 0.2) is 23.1 Å². The zero-order chi connectivity index (χ0) is 18.0. The van der Waals surface area contributed by atoms with Gasteiger partial charge in [0.1, 0.15) is 5.75 Å². The van der Waals surface area contributed by atoms with Crippen LogP contribution in [-0.2, 0) is 10.0 Å². The van der Waals surface area contributed by atoms with E-state index in [1.165, 1.54) is 12.8 Å². The number of ether oxygens (including phenoxy) is 1. The van der Waals surface area contributed by atoms with E-state index in [0.29, 0.717) is 24.0 Å². The molecular weight excluding hydrogens is 336 g/mol. The molecule has 1 aliphatic heterocycles. The molecule has 1 saturated carbocycles. The molecule has 1 aromatic rings. The van der Waals surface area contributed by atoms with E-state index >= 15 is 0 Å². The molecule has 0 spiro atoms. The number of hydrogen-bond donors (Lipinski definition) is 1. The first-order chi connectivity index (χ1) is 11.9. The lowest BCUT2D eigenvalue weighted by Gasteiger charge is -2.32. The van der Waals surface area contributed by atoms with E-state index in [1.54, 1.807) is 22.5 Å². The molecular formula is C19H30N2O3S. The average molecular weight is 367 g/mol. The largest absolute Gasteiger partial charge is 0.491 e. The predicted octanol–water partition coefficient (Wildman–Crippen LogP) is 2.93. The van der Waals surface area contributed by atoms with Crippen LogP contribution in [0.4, 0.5) is 0 Å². The smallest absolute Gasteiger partial charge is 0.243 e. The molecule has 5 nitrogen and oxygen atoms in total. The van der Waals surface area contributed by atoms with Gasteiger partial charge in [-0.15, -0.1) is 0 Å². The van der Waals surface area contributed by atoms with Crippen molar-refractivity contribution < 1.29 is 13.2 Å². The molecule has 0 amide bonds. The average Bonchev–Trinajstić information content (AvgIpc) is 3.39. The Labute approximate surface area is 151 Å². The summed E-state index contributed by atoms with van der Waals surface area (Å²) < 4.78 is 33.2. The maximum atomic E-state index is 12.9. The maximum absolute atomic E-state index is 12.9. The summed E-state index contributed by atoms with van der Waals surface area (Å²) in [4.78, 5) is 0.366. The molecule has 0 unspecified atom stereocenters. The third kappa shape index (κ3) is 4.74. The van der Waals surface area contributed by atoms with Crippen molar-refractivity contribution in [3.63, 3.8) is 0 Å². The summed E-state index contributed by atoms with van der Waals surface area (Å²) in [5.41, 5.74) is 0.857. The van der Waals surface area contributed by atoms with Gasteiger partial charge in [0.15, 0.2) is 0 Å². The first-order valence-electron chi connectivity index (χ1n) is 9.37. The van der Waals surface area contributed by atoms with Crippen LogP contribution in [0.2, 0.25) is 0 Å². The quantitative estimate of drug-likeness (QED) is 0.806. The summed E-state index contributed by atoms with van der Waals surface area (Å²) in [6.45, 7) is 8.09. The Hall–Kier alpha value is -1.11. The van der Waals surface area contributed by atoms with E-state index in [1.807, 2.05) is 20.8 Å². The number of piperidine rings is 1. The van der Waals surface area contributed by atoms with Crippen molar-refractivity contribution in [1.82, 2.24) is 9.62 Å². The second-order valence-electron chi connectivity index (χ2n) is 7.62. The molecule has 2 aliphatic rings. The summed E-state index contributed by atoms with van der Waals surface area (Å²) in [5, 5.41) is 3.59. The fourth-order valence-electron chi connectivity index (χ4n) is 3.27. The zero-order valence-corrected chi connectivity index (χ0v) is 16.3. The minimum absolute atomic E-state index is 0.0725. The summed E-state index contributed by atoms with van der Waals surface area (Å²) in [5.74, 6) is 1.60. The summed E-state index contributed by atoms with van der Waals surface area (Å²) in [7, 11) is -3.42. The van der Waals surface area contributed by atoms with Crippen LogP contribution >= 0.6 is 0 Å². The van der Waals surface area contributed by atoms with Crippen LogP contribution in [-0.4, -0.2) is 44.5 Å². The second kappa shape index (κ2) is 7.64. The van der Waals surface area contributed by atoms with Gasteiger partial charge in [0.05, 0.1) is 11.0 Å². The molecule has 1 aromatic carbocycles. The van der Waals surface area contributed by atoms with Crippen molar-refractivity contribution >= 4 is 10.0 Å². The monoisotopic (exact) mass is 366 g/mol. The molecule has 140 valence electrons. The molecule has 1 aliphatic carbocycles. The number of nitrogens with one attached hydrogen (secondary N) is 1. The van der Waals surface area contributed by atoms with Gasteiger partial charge in [-0.1, -0.05) is 0 Å². The molecule has 0 aromatic heterocycles. The summed E-state index contributed by atoms with van der Waals surface area (Å²) >= 11 is 0. The molecule has 0 bridgehead atoms. The van der Waals surface area contributed by atoms with Crippen LogP contribution in [0.3, 0.4) is 0 Å². The lowest BCUT2D eigenvalue weighted by Crippen LogP contribution is -2.45. The molecule has 2 fully saturated rings. The van der Waals surface area contributed by atoms with Crippen LogP contribution in [0.25, 0.3) is 0 Å². The Bertz CT molecular complexity index is 691. The van der Waals surface area contributed by atoms with Crippen molar-refractivity contribution in [1.29, 1.82) is 0 Å². The van der Waals surface area contributed by atoms with Crippen molar-refractivity contribution in [2.45, 2.75) is 63.5 Å². The molecule has 25 heavy (non-hydrogen) atoms. The van der Waals surface area contributed by atoms with Crippen molar-refractivity contribution in [3.05, 3.63) is 23.8 Å². The number of aryl methyl sites for hydroxylation is 1. The lowest BCUT2D eigenvalue weighted by atomic mass is 10.1. The highest BCUT2D eigenvalue weighted by molar-refractivity contribution is 7.89. The van der Waals surface area contributed by atoms with Gasteiger partial charge in [-0.2, -0.15) is 4.31 Å². The first-order valence-corrected chi connectivity index (χ1v) is 10.8. The Morgan fingerprint density at radius 1 is 1.20 bits per heavy atom. The standard InChI is InChI=1S/C19H30N2O3S/c1-14(2)24-19-7-6-18(12-15(19)3)25(22,23)21-10-8-17(9-11-21)20-13-16-4-5-16/h6-7,12,14,16-17,20H,4-5,8-11,13H2,1-3H3. The van der Waals surface area contributed by atoms with Crippen molar-refractivity contribution in [2.24, 2.45) is 5.92 Å². The van der Waals surface area contributed by atoms with Gasteiger partial charge in [0.25, 0.3) is 0 Å². The lowest BCUT2D eigenvalue weighted by molar-refractivity contribution is 0.240. The number of nitrogens with zero attached hydrogens (tertiary/aromatic N) is 1. The molecule has 1 saturated heterocycles.